The number of aromatic amines is 1. The minimum Gasteiger partial charge on any atom is -0.478 e. The summed E-state index contributed by atoms with van der Waals surface area (Å²) in [7, 11) is 0. The van der Waals surface area contributed by atoms with Crippen LogP contribution in [-0.4, -0.2) is 43.3 Å². The normalized spacial score (nSPS) is 11.3. The van der Waals surface area contributed by atoms with E-state index < -0.39 is 17.5 Å². The lowest BCUT2D eigenvalue weighted by Crippen LogP contribution is -2.23. The number of thiophene rings is 1. The van der Waals surface area contributed by atoms with Crippen LogP contribution in [0.3, 0.4) is 0 Å². The molecule has 0 unspecified atom stereocenters. The number of carbonyl (C=O) groups is 2. The highest BCUT2D eigenvalue weighted by atomic mass is 32.1. The SMILES string of the molecule is CC(C)(C)OC(=O)c1ccc(-c2cc(C(=O)O)cc(-c3nnn[nH]3)c2)s1. The van der Waals surface area contributed by atoms with Crippen molar-refractivity contribution in [2.45, 2.75) is 26.4 Å². The minimum atomic E-state index is -1.07. The number of tetrazole rings is 1. The maximum atomic E-state index is 12.2. The summed E-state index contributed by atoms with van der Waals surface area (Å²) in [6.07, 6.45) is 0. The number of ether oxygens (including phenoxy) is 1. The number of benzene rings is 1. The number of nitrogens with zero attached hydrogens (tertiary/aromatic N) is 3. The first-order valence-electron chi connectivity index (χ1n) is 7.69. The highest BCUT2D eigenvalue weighted by molar-refractivity contribution is 7.17. The largest absolute Gasteiger partial charge is 0.478 e. The second kappa shape index (κ2) is 6.68. The molecule has 3 rings (SSSR count). The van der Waals surface area contributed by atoms with Crippen LogP contribution in [0, 0.1) is 0 Å². The molecule has 0 saturated heterocycles. The molecule has 0 amide bonds. The van der Waals surface area contributed by atoms with Crippen LogP contribution < -0.4 is 0 Å². The van der Waals surface area contributed by atoms with Gasteiger partial charge in [0.15, 0.2) is 5.82 Å². The van der Waals surface area contributed by atoms with Gasteiger partial charge in [-0.25, -0.2) is 14.7 Å². The lowest BCUT2D eigenvalue weighted by Gasteiger charge is -2.18. The lowest BCUT2D eigenvalue weighted by atomic mass is 10.0. The summed E-state index contributed by atoms with van der Waals surface area (Å²) in [4.78, 5) is 24.8. The van der Waals surface area contributed by atoms with E-state index in [4.69, 9.17) is 4.74 Å². The van der Waals surface area contributed by atoms with E-state index in [9.17, 15) is 14.7 Å². The van der Waals surface area contributed by atoms with Gasteiger partial charge in [-0.3, -0.25) is 0 Å². The fourth-order valence-electron chi connectivity index (χ4n) is 2.24. The van der Waals surface area contributed by atoms with Crippen LogP contribution in [0.1, 0.15) is 40.8 Å². The quantitative estimate of drug-likeness (QED) is 0.675. The summed E-state index contributed by atoms with van der Waals surface area (Å²) in [6.45, 7) is 5.40. The molecule has 9 heteroatoms. The van der Waals surface area contributed by atoms with E-state index in [2.05, 4.69) is 20.6 Å². The van der Waals surface area contributed by atoms with E-state index in [0.717, 1.165) is 4.88 Å². The summed E-state index contributed by atoms with van der Waals surface area (Å²) < 4.78 is 5.36. The van der Waals surface area contributed by atoms with Crippen molar-refractivity contribution in [1.82, 2.24) is 20.6 Å². The van der Waals surface area contributed by atoms with Gasteiger partial charge in [-0.15, -0.1) is 16.4 Å². The van der Waals surface area contributed by atoms with E-state index in [1.54, 1.807) is 45.0 Å². The maximum Gasteiger partial charge on any atom is 0.348 e. The van der Waals surface area contributed by atoms with E-state index >= 15 is 0 Å². The van der Waals surface area contributed by atoms with Gasteiger partial charge < -0.3 is 9.84 Å². The first-order valence-corrected chi connectivity index (χ1v) is 8.50. The van der Waals surface area contributed by atoms with Crippen molar-refractivity contribution in [2.75, 3.05) is 0 Å². The summed E-state index contributed by atoms with van der Waals surface area (Å²) in [5, 5.41) is 22.8. The van der Waals surface area contributed by atoms with Crippen LogP contribution in [0.4, 0.5) is 0 Å². The Labute approximate surface area is 152 Å². The molecular weight excluding hydrogens is 356 g/mol. The highest BCUT2D eigenvalue weighted by Crippen LogP contribution is 2.32. The molecule has 8 nitrogen and oxygen atoms in total. The van der Waals surface area contributed by atoms with Crippen LogP contribution in [0.15, 0.2) is 30.3 Å². The number of carbonyl (C=O) groups excluding carboxylic acids is 1. The number of hydrogen-bond donors (Lipinski definition) is 2. The van der Waals surface area contributed by atoms with Gasteiger partial charge in [0.1, 0.15) is 10.5 Å². The summed E-state index contributed by atoms with van der Waals surface area (Å²) in [5.41, 5.74) is 0.700. The Bertz CT molecular complexity index is 958. The van der Waals surface area contributed by atoms with Crippen molar-refractivity contribution < 1.29 is 19.4 Å². The zero-order valence-corrected chi connectivity index (χ0v) is 15.1. The molecule has 3 aromatic rings. The molecule has 0 fully saturated rings. The highest BCUT2D eigenvalue weighted by Gasteiger charge is 2.20. The first kappa shape index (κ1) is 17.7. The fourth-order valence-corrected chi connectivity index (χ4v) is 3.11. The van der Waals surface area contributed by atoms with Gasteiger partial charge in [0.05, 0.1) is 5.56 Å². The van der Waals surface area contributed by atoms with E-state index in [1.807, 2.05) is 0 Å². The third-order valence-electron chi connectivity index (χ3n) is 3.29. The summed E-state index contributed by atoms with van der Waals surface area (Å²) in [5.74, 6) is -1.12. The minimum absolute atomic E-state index is 0.0983. The van der Waals surface area contributed by atoms with Gasteiger partial charge in [0.25, 0.3) is 0 Å². The molecule has 0 aliphatic rings. The Balaban J connectivity index is 1.99. The van der Waals surface area contributed by atoms with Crippen LogP contribution in [0.2, 0.25) is 0 Å². The van der Waals surface area contributed by atoms with Crippen molar-refractivity contribution in [3.05, 3.63) is 40.8 Å². The van der Waals surface area contributed by atoms with Gasteiger partial charge in [0, 0.05) is 10.4 Å². The molecule has 0 bridgehead atoms. The fraction of sp³-hybridized carbons (Fsp3) is 0.235. The Morgan fingerprint density at radius 1 is 1.15 bits per heavy atom. The molecule has 0 aliphatic carbocycles. The topological polar surface area (TPSA) is 118 Å². The molecule has 2 N–H and O–H groups in total. The van der Waals surface area contributed by atoms with Crippen molar-refractivity contribution >= 4 is 23.3 Å². The molecule has 0 radical (unpaired) electrons. The predicted octanol–water partition coefficient (Wildman–Crippen LogP) is 3.25. The van der Waals surface area contributed by atoms with Crippen molar-refractivity contribution in [3.8, 4) is 21.8 Å². The molecule has 2 aromatic heterocycles. The summed E-state index contributed by atoms with van der Waals surface area (Å²) in [6, 6.07) is 8.21. The number of hydrogen-bond acceptors (Lipinski definition) is 7. The third kappa shape index (κ3) is 3.94. The van der Waals surface area contributed by atoms with Gasteiger partial charge in [0.2, 0.25) is 0 Å². The molecular formula is C17H16N4O4S. The van der Waals surface area contributed by atoms with E-state index in [-0.39, 0.29) is 5.56 Å². The zero-order chi connectivity index (χ0) is 18.9. The Kier molecular flexibility index (Phi) is 4.56. The second-order valence-electron chi connectivity index (χ2n) is 6.52. The molecule has 1 aromatic carbocycles. The molecule has 0 saturated carbocycles. The van der Waals surface area contributed by atoms with Crippen molar-refractivity contribution in [2.24, 2.45) is 0 Å². The third-order valence-corrected chi connectivity index (χ3v) is 4.40. The van der Waals surface area contributed by atoms with Gasteiger partial charge in [-0.2, -0.15) is 0 Å². The average molecular weight is 372 g/mol. The van der Waals surface area contributed by atoms with Gasteiger partial charge >= 0.3 is 11.9 Å². The average Bonchev–Trinajstić information content (AvgIpc) is 3.24. The Morgan fingerprint density at radius 2 is 1.88 bits per heavy atom. The van der Waals surface area contributed by atoms with Gasteiger partial charge in [-0.1, -0.05) is 0 Å². The number of aromatic carboxylic acids is 1. The molecule has 0 aliphatic heterocycles. The zero-order valence-electron chi connectivity index (χ0n) is 14.3. The number of aromatic nitrogens is 4. The van der Waals surface area contributed by atoms with Crippen molar-refractivity contribution in [1.29, 1.82) is 0 Å². The van der Waals surface area contributed by atoms with Crippen LogP contribution in [0.5, 0.6) is 0 Å². The van der Waals surface area contributed by atoms with Crippen LogP contribution in [0.25, 0.3) is 21.8 Å². The number of carboxylic acid groups (broad SMARTS) is 1. The molecule has 134 valence electrons. The lowest BCUT2D eigenvalue weighted by molar-refractivity contribution is 0.00750. The first-order chi connectivity index (χ1) is 12.2. The Morgan fingerprint density at radius 3 is 2.50 bits per heavy atom. The number of rotatable bonds is 4. The molecule has 0 atom stereocenters. The molecule has 26 heavy (non-hydrogen) atoms. The van der Waals surface area contributed by atoms with E-state index in [0.29, 0.717) is 21.8 Å². The number of H-pyrrole nitrogens is 1. The number of carboxylic acids is 1. The van der Waals surface area contributed by atoms with Crippen molar-refractivity contribution in [3.63, 3.8) is 0 Å². The van der Waals surface area contributed by atoms with Gasteiger partial charge in [-0.05, 0) is 67.1 Å². The second-order valence-corrected chi connectivity index (χ2v) is 7.60. The maximum absolute atomic E-state index is 12.2. The Hall–Kier alpha value is -3.07. The smallest absolute Gasteiger partial charge is 0.348 e. The van der Waals surface area contributed by atoms with Crippen LogP contribution >= 0.6 is 11.3 Å². The summed E-state index contributed by atoms with van der Waals surface area (Å²) >= 11 is 1.23. The monoisotopic (exact) mass is 372 g/mol. The van der Waals surface area contributed by atoms with E-state index in [1.165, 1.54) is 17.4 Å². The number of nitrogens with one attached hydrogen (secondary N) is 1. The standard InChI is InChI=1S/C17H16N4O4S/c1-17(2,3)25-16(24)13-5-4-12(26-13)9-6-10(14-18-20-21-19-14)8-11(7-9)15(22)23/h4-8H,1-3H3,(H,22,23)(H,18,19,20,21). The molecule has 0 spiro atoms. The number of esters is 1. The molecule has 2 heterocycles. The van der Waals surface area contributed by atoms with Crippen LogP contribution in [-0.2, 0) is 4.74 Å². The predicted molar refractivity (Wildman–Crippen MR) is 95.1 cm³/mol.